The van der Waals surface area contributed by atoms with E-state index in [0.29, 0.717) is 17.1 Å². The second kappa shape index (κ2) is 8.91. The molecule has 1 heterocycles. The van der Waals surface area contributed by atoms with Crippen LogP contribution in [-0.2, 0) is 16.1 Å². The Bertz CT molecular complexity index is 1130. The maximum absolute atomic E-state index is 12.3. The summed E-state index contributed by atoms with van der Waals surface area (Å²) in [7, 11) is 0. The Hall–Kier alpha value is -4.14. The van der Waals surface area contributed by atoms with Crippen molar-refractivity contribution in [1.82, 2.24) is 5.32 Å². The molecular formula is C21H19N3O6. The largest absolute Gasteiger partial charge is 0.481 e. The number of carboxylic acid groups (broad SMARTS) is 1. The molecule has 9 nitrogen and oxygen atoms in total. The fourth-order valence-corrected chi connectivity index (χ4v) is 2.69. The van der Waals surface area contributed by atoms with Crippen LogP contribution in [0.3, 0.4) is 0 Å². The van der Waals surface area contributed by atoms with Crippen LogP contribution in [0.1, 0.15) is 34.7 Å². The standard InChI is InChI=1S/C21H19N3O6/c22-20(23)14-2-1-13-10-15(4-3-12(13)9-14)30-21(28)17-6-5-16(29-17)11-24-18(25)7-8-19(26)27/h1-6,9-10H,7-8,11H2,(H3,22,23)(H,24,25)(H,26,27). The Balaban J connectivity index is 1.61. The summed E-state index contributed by atoms with van der Waals surface area (Å²) in [4.78, 5) is 34.3. The number of amidine groups is 1. The fraction of sp³-hybridized carbons (Fsp3) is 0.143. The zero-order valence-electron chi connectivity index (χ0n) is 15.8. The molecule has 3 aromatic rings. The lowest BCUT2D eigenvalue weighted by molar-refractivity contribution is -0.138. The number of carboxylic acids is 1. The molecule has 0 radical (unpaired) electrons. The Morgan fingerprint density at radius 1 is 1.03 bits per heavy atom. The highest BCUT2D eigenvalue weighted by atomic mass is 16.5. The van der Waals surface area contributed by atoms with Crippen molar-refractivity contribution in [3.05, 3.63) is 65.6 Å². The van der Waals surface area contributed by atoms with E-state index in [1.807, 2.05) is 0 Å². The maximum Gasteiger partial charge on any atom is 0.379 e. The summed E-state index contributed by atoms with van der Waals surface area (Å²) in [5, 5.41) is 20.2. The molecule has 3 rings (SSSR count). The summed E-state index contributed by atoms with van der Waals surface area (Å²) in [6.45, 7) is 0.0280. The molecular weight excluding hydrogens is 390 g/mol. The van der Waals surface area contributed by atoms with Crippen LogP contribution < -0.4 is 15.8 Å². The minimum Gasteiger partial charge on any atom is -0.481 e. The van der Waals surface area contributed by atoms with Gasteiger partial charge in [-0.05, 0) is 41.1 Å². The molecule has 0 aliphatic heterocycles. The molecule has 0 unspecified atom stereocenters. The predicted molar refractivity (Wildman–Crippen MR) is 107 cm³/mol. The molecule has 0 fully saturated rings. The first-order valence-electron chi connectivity index (χ1n) is 8.99. The number of nitrogens with two attached hydrogens (primary N) is 1. The molecule has 154 valence electrons. The van der Waals surface area contributed by atoms with Crippen molar-refractivity contribution < 1.29 is 28.6 Å². The molecule has 0 bridgehead atoms. The van der Waals surface area contributed by atoms with Gasteiger partial charge in [0.1, 0.15) is 17.3 Å². The van der Waals surface area contributed by atoms with Gasteiger partial charge in [0, 0.05) is 12.0 Å². The summed E-state index contributed by atoms with van der Waals surface area (Å²) in [5.74, 6) is -1.58. The Morgan fingerprint density at radius 2 is 1.77 bits per heavy atom. The first-order chi connectivity index (χ1) is 14.3. The van der Waals surface area contributed by atoms with Crippen LogP contribution in [-0.4, -0.2) is 28.8 Å². The zero-order valence-corrected chi connectivity index (χ0v) is 15.8. The topological polar surface area (TPSA) is 156 Å². The van der Waals surface area contributed by atoms with Gasteiger partial charge in [-0.3, -0.25) is 15.0 Å². The van der Waals surface area contributed by atoms with E-state index < -0.39 is 17.8 Å². The number of ether oxygens (including phenoxy) is 1. The van der Waals surface area contributed by atoms with Crippen molar-refractivity contribution in [2.45, 2.75) is 19.4 Å². The SMILES string of the molecule is N=C(N)c1ccc2cc(OC(=O)c3ccc(CNC(=O)CCC(=O)O)o3)ccc2c1. The lowest BCUT2D eigenvalue weighted by Gasteiger charge is -2.06. The van der Waals surface area contributed by atoms with Gasteiger partial charge in [0.05, 0.1) is 13.0 Å². The molecule has 0 saturated heterocycles. The van der Waals surface area contributed by atoms with Gasteiger partial charge >= 0.3 is 11.9 Å². The highest BCUT2D eigenvalue weighted by molar-refractivity contribution is 5.99. The number of benzene rings is 2. The summed E-state index contributed by atoms with van der Waals surface area (Å²) in [5.41, 5.74) is 6.09. The summed E-state index contributed by atoms with van der Waals surface area (Å²) in [6.07, 6.45) is -0.399. The molecule has 0 spiro atoms. The number of hydrogen-bond acceptors (Lipinski definition) is 6. The van der Waals surface area contributed by atoms with Gasteiger partial charge in [0.15, 0.2) is 0 Å². The Morgan fingerprint density at radius 3 is 2.50 bits per heavy atom. The average Bonchev–Trinajstić information content (AvgIpc) is 3.19. The van der Waals surface area contributed by atoms with Gasteiger partial charge in [-0.1, -0.05) is 18.2 Å². The van der Waals surface area contributed by atoms with Crippen LogP contribution in [0, 0.1) is 5.41 Å². The van der Waals surface area contributed by atoms with E-state index in [4.69, 9.17) is 25.4 Å². The fourth-order valence-electron chi connectivity index (χ4n) is 2.69. The molecule has 0 aliphatic carbocycles. The third-order valence-electron chi connectivity index (χ3n) is 4.22. The van der Waals surface area contributed by atoms with Crippen LogP contribution in [0.5, 0.6) is 5.75 Å². The van der Waals surface area contributed by atoms with Gasteiger partial charge in [-0.2, -0.15) is 0 Å². The third kappa shape index (κ3) is 5.22. The number of nitrogens with one attached hydrogen (secondary N) is 2. The molecule has 30 heavy (non-hydrogen) atoms. The predicted octanol–water partition coefficient (Wildman–Crippen LogP) is 2.42. The van der Waals surface area contributed by atoms with E-state index in [2.05, 4.69) is 5.32 Å². The van der Waals surface area contributed by atoms with Crippen LogP contribution in [0.15, 0.2) is 52.9 Å². The van der Waals surface area contributed by atoms with Gasteiger partial charge < -0.3 is 25.3 Å². The highest BCUT2D eigenvalue weighted by Crippen LogP contribution is 2.23. The molecule has 5 N–H and O–H groups in total. The number of rotatable bonds is 8. The first kappa shape index (κ1) is 20.6. The van der Waals surface area contributed by atoms with E-state index in [0.717, 1.165) is 10.8 Å². The van der Waals surface area contributed by atoms with E-state index in [-0.39, 0.29) is 31.0 Å². The molecule has 9 heteroatoms. The average molecular weight is 409 g/mol. The van der Waals surface area contributed by atoms with Gasteiger partial charge in [0.25, 0.3) is 0 Å². The quantitative estimate of drug-likeness (QED) is 0.193. The van der Waals surface area contributed by atoms with E-state index in [1.54, 1.807) is 36.4 Å². The van der Waals surface area contributed by atoms with Gasteiger partial charge in [-0.15, -0.1) is 0 Å². The number of nitrogen functional groups attached to an aromatic ring is 1. The molecule has 0 saturated carbocycles. The molecule has 0 atom stereocenters. The smallest absolute Gasteiger partial charge is 0.379 e. The number of hydrogen-bond donors (Lipinski definition) is 4. The lowest BCUT2D eigenvalue weighted by Crippen LogP contribution is -2.23. The minimum atomic E-state index is -1.05. The van der Waals surface area contributed by atoms with Crippen LogP contribution in [0.2, 0.25) is 0 Å². The van der Waals surface area contributed by atoms with E-state index >= 15 is 0 Å². The highest BCUT2D eigenvalue weighted by Gasteiger charge is 2.15. The van der Waals surface area contributed by atoms with Gasteiger partial charge in [-0.25, -0.2) is 4.79 Å². The summed E-state index contributed by atoms with van der Waals surface area (Å²) in [6, 6.07) is 13.3. The molecule has 1 aromatic heterocycles. The molecule has 1 amide bonds. The number of carbonyl (C=O) groups excluding carboxylic acids is 2. The normalized spacial score (nSPS) is 10.5. The Kier molecular flexibility index (Phi) is 6.11. The van der Waals surface area contributed by atoms with E-state index in [1.165, 1.54) is 12.1 Å². The number of carbonyl (C=O) groups is 3. The molecule has 2 aromatic carbocycles. The van der Waals surface area contributed by atoms with Gasteiger partial charge in [0.2, 0.25) is 11.7 Å². The van der Waals surface area contributed by atoms with Crippen LogP contribution in [0.4, 0.5) is 0 Å². The number of esters is 1. The number of fused-ring (bicyclic) bond motifs is 1. The van der Waals surface area contributed by atoms with Crippen LogP contribution >= 0.6 is 0 Å². The zero-order chi connectivity index (χ0) is 21.7. The molecule has 0 aliphatic rings. The second-order valence-electron chi connectivity index (χ2n) is 6.46. The lowest BCUT2D eigenvalue weighted by atomic mass is 10.1. The summed E-state index contributed by atoms with van der Waals surface area (Å²) >= 11 is 0. The van der Waals surface area contributed by atoms with Crippen molar-refractivity contribution in [3.8, 4) is 5.75 Å². The number of furan rings is 1. The van der Waals surface area contributed by atoms with E-state index in [9.17, 15) is 14.4 Å². The number of aliphatic carboxylic acids is 1. The maximum atomic E-state index is 12.3. The van der Waals surface area contributed by atoms with Crippen molar-refractivity contribution in [1.29, 1.82) is 5.41 Å². The van der Waals surface area contributed by atoms with Crippen molar-refractivity contribution >= 4 is 34.5 Å². The number of amides is 1. The van der Waals surface area contributed by atoms with Crippen molar-refractivity contribution in [3.63, 3.8) is 0 Å². The van der Waals surface area contributed by atoms with Crippen molar-refractivity contribution in [2.75, 3.05) is 0 Å². The minimum absolute atomic E-state index is 0.0280. The van der Waals surface area contributed by atoms with Crippen LogP contribution in [0.25, 0.3) is 10.8 Å². The third-order valence-corrected chi connectivity index (χ3v) is 4.22. The second-order valence-corrected chi connectivity index (χ2v) is 6.46. The Labute approximate surface area is 170 Å². The summed E-state index contributed by atoms with van der Waals surface area (Å²) < 4.78 is 10.7. The first-order valence-corrected chi connectivity index (χ1v) is 8.99. The van der Waals surface area contributed by atoms with Crippen molar-refractivity contribution in [2.24, 2.45) is 5.73 Å². The monoisotopic (exact) mass is 409 g/mol.